The Morgan fingerprint density at radius 2 is 2.26 bits per heavy atom. The molecule has 0 aromatic carbocycles. The molecule has 2 heterocycles. The number of rotatable bonds is 6. The molecule has 0 atom stereocenters. The van der Waals surface area contributed by atoms with Crippen molar-refractivity contribution in [2.75, 3.05) is 25.4 Å². The molecule has 0 saturated carbocycles. The third-order valence-electron chi connectivity index (χ3n) is 3.41. The van der Waals surface area contributed by atoms with Gasteiger partial charge in [-0.2, -0.15) is 5.10 Å². The summed E-state index contributed by atoms with van der Waals surface area (Å²) in [5.41, 5.74) is 7.40. The lowest BCUT2D eigenvalue weighted by Crippen LogP contribution is -2.40. The summed E-state index contributed by atoms with van der Waals surface area (Å²) in [6, 6.07) is 0. The molecule has 3 N–H and O–H groups in total. The van der Waals surface area contributed by atoms with Gasteiger partial charge in [0.2, 0.25) is 0 Å². The van der Waals surface area contributed by atoms with E-state index in [9.17, 15) is 4.79 Å². The molecule has 19 heavy (non-hydrogen) atoms. The number of nitrogen functional groups attached to an aromatic ring is 1. The van der Waals surface area contributed by atoms with Crippen LogP contribution in [-0.4, -0.2) is 35.4 Å². The van der Waals surface area contributed by atoms with Gasteiger partial charge in [0.25, 0.3) is 0 Å². The van der Waals surface area contributed by atoms with Gasteiger partial charge in [0.05, 0.1) is 6.61 Å². The maximum absolute atomic E-state index is 12.0. The molecule has 1 aliphatic rings. The molecular formula is C13H22N4O2. The van der Waals surface area contributed by atoms with Crippen molar-refractivity contribution in [2.45, 2.75) is 39.2 Å². The van der Waals surface area contributed by atoms with Crippen LogP contribution in [0.5, 0.6) is 0 Å². The monoisotopic (exact) mass is 266 g/mol. The molecule has 0 spiro atoms. The second-order valence-corrected chi connectivity index (χ2v) is 4.80. The van der Waals surface area contributed by atoms with Gasteiger partial charge in [0.15, 0.2) is 5.69 Å². The van der Waals surface area contributed by atoms with E-state index < -0.39 is 0 Å². The van der Waals surface area contributed by atoms with Gasteiger partial charge < -0.3 is 15.8 Å². The SMILES string of the molecule is CCCCn1nc(C(=O)OCC)c(C2CNC2)c1N. The van der Waals surface area contributed by atoms with Crippen molar-refractivity contribution in [3.05, 3.63) is 11.3 Å². The normalized spacial score (nSPS) is 15.3. The van der Waals surface area contributed by atoms with Crippen molar-refractivity contribution in [3.63, 3.8) is 0 Å². The molecule has 0 amide bonds. The fourth-order valence-electron chi connectivity index (χ4n) is 2.21. The maximum Gasteiger partial charge on any atom is 0.359 e. The number of hydrogen-bond donors (Lipinski definition) is 2. The highest BCUT2D eigenvalue weighted by molar-refractivity contribution is 5.90. The molecule has 6 heteroatoms. The van der Waals surface area contributed by atoms with Gasteiger partial charge in [-0.3, -0.25) is 0 Å². The number of unbranched alkanes of at least 4 members (excludes halogenated alkanes) is 1. The Hall–Kier alpha value is -1.56. The fraction of sp³-hybridized carbons (Fsp3) is 0.692. The predicted molar refractivity (Wildman–Crippen MR) is 73.1 cm³/mol. The number of nitrogens with zero attached hydrogens (tertiary/aromatic N) is 2. The van der Waals surface area contributed by atoms with Crippen LogP contribution in [0.15, 0.2) is 0 Å². The minimum absolute atomic E-state index is 0.273. The van der Waals surface area contributed by atoms with Crippen molar-refractivity contribution in [3.8, 4) is 0 Å². The van der Waals surface area contributed by atoms with E-state index >= 15 is 0 Å². The zero-order chi connectivity index (χ0) is 13.8. The first-order valence-corrected chi connectivity index (χ1v) is 6.93. The second kappa shape index (κ2) is 6.06. The van der Waals surface area contributed by atoms with E-state index in [1.807, 2.05) is 0 Å². The van der Waals surface area contributed by atoms with E-state index in [1.165, 1.54) is 0 Å². The predicted octanol–water partition coefficient (Wildman–Crippen LogP) is 1.13. The van der Waals surface area contributed by atoms with Crippen LogP contribution in [0.4, 0.5) is 5.82 Å². The summed E-state index contributed by atoms with van der Waals surface area (Å²) in [5.74, 6) is 0.518. The van der Waals surface area contributed by atoms with E-state index in [-0.39, 0.29) is 11.9 Å². The van der Waals surface area contributed by atoms with E-state index in [2.05, 4.69) is 17.3 Å². The summed E-state index contributed by atoms with van der Waals surface area (Å²) in [6.45, 7) is 6.69. The van der Waals surface area contributed by atoms with Gasteiger partial charge in [0, 0.05) is 31.1 Å². The zero-order valence-corrected chi connectivity index (χ0v) is 11.6. The van der Waals surface area contributed by atoms with Crippen LogP contribution in [0.25, 0.3) is 0 Å². The van der Waals surface area contributed by atoms with Gasteiger partial charge in [-0.15, -0.1) is 0 Å². The number of aromatic nitrogens is 2. The van der Waals surface area contributed by atoms with Crippen LogP contribution in [-0.2, 0) is 11.3 Å². The lowest BCUT2D eigenvalue weighted by atomic mass is 9.93. The average Bonchev–Trinajstić information content (AvgIpc) is 2.64. The third kappa shape index (κ3) is 2.73. The highest BCUT2D eigenvalue weighted by Gasteiger charge is 2.31. The molecule has 1 aromatic rings. The number of esters is 1. The van der Waals surface area contributed by atoms with Gasteiger partial charge >= 0.3 is 5.97 Å². The number of nitrogens with one attached hydrogen (secondary N) is 1. The smallest absolute Gasteiger partial charge is 0.359 e. The van der Waals surface area contributed by atoms with Crippen molar-refractivity contribution >= 4 is 11.8 Å². The Balaban J connectivity index is 2.30. The summed E-state index contributed by atoms with van der Waals surface area (Å²) in [5, 5.41) is 7.55. The number of carbonyl (C=O) groups excluding carboxylic acids is 1. The lowest BCUT2D eigenvalue weighted by Gasteiger charge is -2.27. The Kier molecular flexibility index (Phi) is 4.42. The first-order valence-electron chi connectivity index (χ1n) is 6.93. The number of aryl methyl sites for hydroxylation is 1. The first kappa shape index (κ1) is 13.9. The Bertz CT molecular complexity index is 452. The average molecular weight is 266 g/mol. The lowest BCUT2D eigenvalue weighted by molar-refractivity contribution is 0.0516. The van der Waals surface area contributed by atoms with E-state index in [0.717, 1.165) is 38.0 Å². The quantitative estimate of drug-likeness (QED) is 0.754. The Morgan fingerprint density at radius 1 is 1.53 bits per heavy atom. The van der Waals surface area contributed by atoms with Crippen LogP contribution >= 0.6 is 0 Å². The Labute approximate surface area is 113 Å². The number of nitrogens with two attached hydrogens (primary N) is 1. The number of anilines is 1. The van der Waals surface area contributed by atoms with Crippen molar-refractivity contribution in [1.29, 1.82) is 0 Å². The summed E-state index contributed by atoms with van der Waals surface area (Å²) < 4.78 is 6.81. The number of carbonyl (C=O) groups is 1. The van der Waals surface area contributed by atoms with Crippen molar-refractivity contribution in [2.24, 2.45) is 0 Å². The summed E-state index contributed by atoms with van der Waals surface area (Å²) >= 11 is 0. The zero-order valence-electron chi connectivity index (χ0n) is 11.6. The van der Waals surface area contributed by atoms with Gasteiger partial charge in [-0.1, -0.05) is 13.3 Å². The van der Waals surface area contributed by atoms with E-state index in [1.54, 1.807) is 11.6 Å². The van der Waals surface area contributed by atoms with Gasteiger partial charge in [0.1, 0.15) is 5.82 Å². The van der Waals surface area contributed by atoms with Crippen LogP contribution in [0.3, 0.4) is 0 Å². The largest absolute Gasteiger partial charge is 0.461 e. The van der Waals surface area contributed by atoms with Crippen molar-refractivity contribution < 1.29 is 9.53 Å². The second-order valence-electron chi connectivity index (χ2n) is 4.80. The minimum Gasteiger partial charge on any atom is -0.461 e. The highest BCUT2D eigenvalue weighted by atomic mass is 16.5. The molecule has 1 fully saturated rings. The Morgan fingerprint density at radius 3 is 2.79 bits per heavy atom. The molecular weight excluding hydrogens is 244 g/mol. The molecule has 0 bridgehead atoms. The summed E-state index contributed by atoms with van der Waals surface area (Å²) in [7, 11) is 0. The molecule has 106 valence electrons. The summed E-state index contributed by atoms with van der Waals surface area (Å²) in [6.07, 6.45) is 2.06. The van der Waals surface area contributed by atoms with Crippen LogP contribution in [0, 0.1) is 0 Å². The molecule has 6 nitrogen and oxygen atoms in total. The molecule has 0 unspecified atom stereocenters. The van der Waals surface area contributed by atoms with Crippen LogP contribution in [0.1, 0.15) is 48.7 Å². The fourth-order valence-corrected chi connectivity index (χ4v) is 2.21. The minimum atomic E-state index is -0.369. The number of ether oxygens (including phenoxy) is 1. The maximum atomic E-state index is 12.0. The molecule has 1 aromatic heterocycles. The van der Waals surface area contributed by atoms with Crippen molar-refractivity contribution in [1.82, 2.24) is 15.1 Å². The van der Waals surface area contributed by atoms with Gasteiger partial charge in [-0.05, 0) is 13.3 Å². The topological polar surface area (TPSA) is 82.2 Å². The third-order valence-corrected chi connectivity index (χ3v) is 3.41. The van der Waals surface area contributed by atoms with Gasteiger partial charge in [-0.25, -0.2) is 9.48 Å². The van der Waals surface area contributed by atoms with Crippen LogP contribution in [0.2, 0.25) is 0 Å². The highest BCUT2D eigenvalue weighted by Crippen LogP contribution is 2.29. The standard InChI is InChI=1S/C13H22N4O2/c1-3-5-6-17-12(14)10(9-7-15-8-9)11(16-17)13(18)19-4-2/h9,15H,3-8,14H2,1-2H3. The summed E-state index contributed by atoms with van der Waals surface area (Å²) in [4.78, 5) is 12.0. The van der Waals surface area contributed by atoms with E-state index in [0.29, 0.717) is 18.1 Å². The molecule has 2 rings (SSSR count). The molecule has 1 aliphatic heterocycles. The molecule has 1 saturated heterocycles. The first-order chi connectivity index (χ1) is 9.19. The molecule has 0 radical (unpaired) electrons. The van der Waals surface area contributed by atoms with E-state index in [4.69, 9.17) is 10.5 Å². The number of hydrogen-bond acceptors (Lipinski definition) is 5. The van der Waals surface area contributed by atoms with Crippen LogP contribution < -0.4 is 11.1 Å². The molecule has 0 aliphatic carbocycles.